The monoisotopic (exact) mass is 229 g/mol. The zero-order chi connectivity index (χ0) is 11.3. The Morgan fingerprint density at radius 2 is 1.69 bits per heavy atom. The molecule has 0 aromatic rings. The lowest BCUT2D eigenvalue weighted by Crippen LogP contribution is -2.45. The zero-order valence-electron chi connectivity index (χ0n) is 9.99. The second kappa shape index (κ2) is 5.96. The molecule has 0 atom stereocenters. The molecule has 0 amide bonds. The highest BCUT2D eigenvalue weighted by atomic mass is 16.7. The number of hydrogen-bond donors (Lipinski definition) is 1. The molecule has 0 saturated carbocycles. The van der Waals surface area contributed by atoms with E-state index in [-0.39, 0.29) is 5.79 Å². The van der Waals surface area contributed by atoms with Gasteiger partial charge in [-0.25, -0.2) is 0 Å². The van der Waals surface area contributed by atoms with Gasteiger partial charge in [0, 0.05) is 32.5 Å². The number of rotatable bonds is 5. The molecule has 0 aromatic heterocycles. The largest absolute Gasteiger partial charge is 0.396 e. The standard InChI is InChI=1S/C12H23NO3/c14-9-3-1-2-6-13-7-4-12(5-8-13)15-10-11-16-12/h14H,1-11H2. The predicted molar refractivity (Wildman–Crippen MR) is 61.2 cm³/mol. The number of aliphatic hydroxyl groups excluding tert-OH is 1. The van der Waals surface area contributed by atoms with Gasteiger partial charge < -0.3 is 19.5 Å². The summed E-state index contributed by atoms with van der Waals surface area (Å²) >= 11 is 0. The lowest BCUT2D eigenvalue weighted by Gasteiger charge is -2.37. The lowest BCUT2D eigenvalue weighted by molar-refractivity contribution is -0.185. The highest BCUT2D eigenvalue weighted by Crippen LogP contribution is 2.31. The second-order valence-electron chi connectivity index (χ2n) is 4.73. The van der Waals surface area contributed by atoms with Crippen LogP contribution in [-0.4, -0.2) is 55.2 Å². The molecular weight excluding hydrogens is 206 g/mol. The van der Waals surface area contributed by atoms with Gasteiger partial charge in [-0.05, 0) is 25.8 Å². The summed E-state index contributed by atoms with van der Waals surface area (Å²) in [6, 6.07) is 0. The molecule has 4 nitrogen and oxygen atoms in total. The van der Waals surface area contributed by atoms with Crippen molar-refractivity contribution >= 4 is 0 Å². The Kier molecular flexibility index (Phi) is 4.58. The van der Waals surface area contributed by atoms with Crippen LogP contribution in [0.1, 0.15) is 32.1 Å². The number of piperidine rings is 1. The van der Waals surface area contributed by atoms with Crippen LogP contribution in [0.15, 0.2) is 0 Å². The van der Waals surface area contributed by atoms with Crippen LogP contribution in [-0.2, 0) is 9.47 Å². The molecule has 2 aliphatic heterocycles. The predicted octanol–water partition coefficient (Wildman–Crippen LogP) is 0.988. The molecule has 0 aromatic carbocycles. The van der Waals surface area contributed by atoms with Gasteiger partial charge in [0.05, 0.1) is 13.2 Å². The molecule has 94 valence electrons. The van der Waals surface area contributed by atoms with Crippen molar-refractivity contribution in [2.45, 2.75) is 37.9 Å². The molecule has 0 unspecified atom stereocenters. The van der Waals surface area contributed by atoms with E-state index in [4.69, 9.17) is 14.6 Å². The molecule has 4 heteroatoms. The maximum Gasteiger partial charge on any atom is 0.170 e. The van der Waals surface area contributed by atoms with Crippen LogP contribution in [0.5, 0.6) is 0 Å². The SMILES string of the molecule is OCCCCCN1CCC2(CC1)OCCO2. The van der Waals surface area contributed by atoms with Gasteiger partial charge in [-0.2, -0.15) is 0 Å². The van der Waals surface area contributed by atoms with E-state index in [2.05, 4.69) is 4.90 Å². The summed E-state index contributed by atoms with van der Waals surface area (Å²) in [7, 11) is 0. The molecule has 2 aliphatic rings. The van der Waals surface area contributed by atoms with E-state index < -0.39 is 0 Å². The van der Waals surface area contributed by atoms with Gasteiger partial charge in [-0.15, -0.1) is 0 Å². The molecule has 16 heavy (non-hydrogen) atoms. The minimum absolute atomic E-state index is 0.235. The van der Waals surface area contributed by atoms with Gasteiger partial charge in [0.15, 0.2) is 5.79 Å². The molecule has 0 radical (unpaired) electrons. The Morgan fingerprint density at radius 3 is 2.31 bits per heavy atom. The third kappa shape index (κ3) is 3.17. The Morgan fingerprint density at radius 1 is 1.00 bits per heavy atom. The fraction of sp³-hybridized carbons (Fsp3) is 1.00. The summed E-state index contributed by atoms with van der Waals surface area (Å²) in [6.45, 7) is 5.16. The maximum absolute atomic E-state index is 8.70. The quantitative estimate of drug-likeness (QED) is 0.714. The van der Waals surface area contributed by atoms with Crippen molar-refractivity contribution in [3.63, 3.8) is 0 Å². The molecule has 2 rings (SSSR count). The first-order valence-corrected chi connectivity index (χ1v) is 6.46. The van der Waals surface area contributed by atoms with E-state index in [0.29, 0.717) is 6.61 Å². The molecule has 0 bridgehead atoms. The van der Waals surface area contributed by atoms with Gasteiger partial charge >= 0.3 is 0 Å². The third-order valence-electron chi connectivity index (χ3n) is 3.56. The van der Waals surface area contributed by atoms with Crippen LogP contribution < -0.4 is 0 Å². The van der Waals surface area contributed by atoms with Crippen molar-refractivity contribution in [2.24, 2.45) is 0 Å². The maximum atomic E-state index is 8.70. The Balaban J connectivity index is 1.61. The average Bonchev–Trinajstić information content (AvgIpc) is 2.76. The first-order chi connectivity index (χ1) is 7.85. The summed E-state index contributed by atoms with van der Waals surface area (Å²) in [5.41, 5.74) is 0. The highest BCUT2D eigenvalue weighted by molar-refractivity contribution is 4.82. The van der Waals surface area contributed by atoms with E-state index in [1.807, 2.05) is 0 Å². The number of nitrogens with zero attached hydrogens (tertiary/aromatic N) is 1. The van der Waals surface area contributed by atoms with Crippen LogP contribution in [0.2, 0.25) is 0 Å². The number of hydrogen-bond acceptors (Lipinski definition) is 4. The average molecular weight is 229 g/mol. The first-order valence-electron chi connectivity index (χ1n) is 6.46. The van der Waals surface area contributed by atoms with E-state index in [9.17, 15) is 0 Å². The molecule has 2 fully saturated rings. The van der Waals surface area contributed by atoms with Gasteiger partial charge in [0.25, 0.3) is 0 Å². The minimum atomic E-state index is -0.235. The zero-order valence-corrected chi connectivity index (χ0v) is 9.99. The molecule has 0 aliphatic carbocycles. The van der Waals surface area contributed by atoms with Gasteiger partial charge in [-0.3, -0.25) is 0 Å². The lowest BCUT2D eigenvalue weighted by atomic mass is 10.0. The number of unbranched alkanes of at least 4 members (excludes halogenated alkanes) is 2. The number of aliphatic hydroxyl groups is 1. The van der Waals surface area contributed by atoms with Gasteiger partial charge in [0.1, 0.15) is 0 Å². The van der Waals surface area contributed by atoms with Crippen molar-refractivity contribution in [1.29, 1.82) is 0 Å². The van der Waals surface area contributed by atoms with E-state index >= 15 is 0 Å². The number of likely N-dealkylation sites (tertiary alicyclic amines) is 1. The Labute approximate surface area is 97.5 Å². The molecule has 2 saturated heterocycles. The van der Waals surface area contributed by atoms with E-state index in [0.717, 1.165) is 58.5 Å². The number of ether oxygens (including phenoxy) is 2. The van der Waals surface area contributed by atoms with Gasteiger partial charge in [-0.1, -0.05) is 0 Å². The van der Waals surface area contributed by atoms with E-state index in [1.165, 1.54) is 6.42 Å². The first kappa shape index (κ1) is 12.3. The van der Waals surface area contributed by atoms with Crippen molar-refractivity contribution in [3.8, 4) is 0 Å². The van der Waals surface area contributed by atoms with Crippen LogP contribution >= 0.6 is 0 Å². The third-order valence-corrected chi connectivity index (χ3v) is 3.56. The summed E-state index contributed by atoms with van der Waals surface area (Å²) in [6.07, 6.45) is 5.27. The van der Waals surface area contributed by atoms with Crippen LogP contribution in [0.3, 0.4) is 0 Å². The molecule has 1 spiro atoms. The Hall–Kier alpha value is -0.160. The van der Waals surface area contributed by atoms with Gasteiger partial charge in [0.2, 0.25) is 0 Å². The normalized spacial score (nSPS) is 25.3. The van der Waals surface area contributed by atoms with Crippen molar-refractivity contribution in [1.82, 2.24) is 4.90 Å². The smallest absolute Gasteiger partial charge is 0.170 e. The van der Waals surface area contributed by atoms with Crippen molar-refractivity contribution in [3.05, 3.63) is 0 Å². The molecular formula is C12H23NO3. The summed E-state index contributed by atoms with van der Waals surface area (Å²) in [5, 5.41) is 8.70. The summed E-state index contributed by atoms with van der Waals surface area (Å²) < 4.78 is 11.4. The fourth-order valence-electron chi connectivity index (χ4n) is 2.53. The Bertz CT molecular complexity index is 194. The van der Waals surface area contributed by atoms with Crippen molar-refractivity contribution < 1.29 is 14.6 Å². The summed E-state index contributed by atoms with van der Waals surface area (Å²) in [5.74, 6) is -0.235. The van der Waals surface area contributed by atoms with Crippen molar-refractivity contribution in [2.75, 3.05) is 39.5 Å². The van der Waals surface area contributed by atoms with Crippen LogP contribution in [0, 0.1) is 0 Å². The minimum Gasteiger partial charge on any atom is -0.396 e. The topological polar surface area (TPSA) is 41.9 Å². The van der Waals surface area contributed by atoms with E-state index in [1.54, 1.807) is 0 Å². The highest BCUT2D eigenvalue weighted by Gasteiger charge is 2.39. The molecule has 1 N–H and O–H groups in total. The summed E-state index contributed by atoms with van der Waals surface area (Å²) in [4.78, 5) is 2.48. The van der Waals surface area contributed by atoms with Crippen LogP contribution in [0.25, 0.3) is 0 Å². The molecule has 2 heterocycles. The second-order valence-corrected chi connectivity index (χ2v) is 4.73. The fourth-order valence-corrected chi connectivity index (χ4v) is 2.53. The van der Waals surface area contributed by atoms with Crippen LogP contribution in [0.4, 0.5) is 0 Å².